The van der Waals surface area contributed by atoms with Gasteiger partial charge in [0.15, 0.2) is 0 Å². The summed E-state index contributed by atoms with van der Waals surface area (Å²) in [5, 5.41) is 8.88. The lowest BCUT2D eigenvalue weighted by Gasteiger charge is -2.21. The zero-order chi connectivity index (χ0) is 11.4. The number of aliphatic hydroxyl groups is 1. The minimum absolute atomic E-state index is 0.0420. The highest BCUT2D eigenvalue weighted by Gasteiger charge is 2.17. The Morgan fingerprint density at radius 3 is 2.62 bits per heavy atom. The Bertz CT molecular complexity index is 320. The van der Waals surface area contributed by atoms with E-state index in [2.05, 4.69) is 21.9 Å². The number of anilines is 1. The predicted octanol–water partition coefficient (Wildman–Crippen LogP) is 1.60. The highest BCUT2D eigenvalue weighted by molar-refractivity contribution is 5.34. The molecule has 0 spiro atoms. The van der Waals surface area contributed by atoms with Gasteiger partial charge in [-0.05, 0) is 18.8 Å². The van der Waals surface area contributed by atoms with Crippen molar-refractivity contribution in [2.45, 2.75) is 32.3 Å². The lowest BCUT2D eigenvalue weighted by Crippen LogP contribution is -2.25. The molecule has 0 aliphatic heterocycles. The largest absolute Gasteiger partial charge is 0.390 e. The average molecular weight is 221 g/mol. The van der Waals surface area contributed by atoms with Crippen molar-refractivity contribution in [1.82, 2.24) is 9.97 Å². The van der Waals surface area contributed by atoms with E-state index in [9.17, 15) is 0 Å². The number of hydrogen-bond acceptors (Lipinski definition) is 4. The Morgan fingerprint density at radius 1 is 1.31 bits per heavy atom. The second kappa shape index (κ2) is 5.25. The predicted molar refractivity (Wildman–Crippen MR) is 63.2 cm³/mol. The molecule has 1 aliphatic carbocycles. The Balaban J connectivity index is 1.94. The normalized spacial score (nSPS) is 16.6. The van der Waals surface area contributed by atoms with Gasteiger partial charge >= 0.3 is 0 Å². The lowest BCUT2D eigenvalue weighted by molar-refractivity contribution is 0.276. The molecule has 0 aromatic carbocycles. The summed E-state index contributed by atoms with van der Waals surface area (Å²) >= 11 is 0. The third-order valence-corrected chi connectivity index (χ3v) is 3.25. The quantitative estimate of drug-likeness (QED) is 0.839. The van der Waals surface area contributed by atoms with Gasteiger partial charge in [-0.15, -0.1) is 0 Å². The van der Waals surface area contributed by atoms with Gasteiger partial charge < -0.3 is 10.0 Å². The Kier molecular flexibility index (Phi) is 3.72. The molecular formula is C12H19N3O. The smallest absolute Gasteiger partial charge is 0.146 e. The van der Waals surface area contributed by atoms with Crippen LogP contribution in [0.3, 0.4) is 0 Å². The minimum atomic E-state index is -0.0420. The molecule has 2 rings (SSSR count). The van der Waals surface area contributed by atoms with E-state index in [-0.39, 0.29) is 6.61 Å². The molecule has 88 valence electrons. The highest BCUT2D eigenvalue weighted by Crippen LogP contribution is 2.26. The number of rotatable bonds is 4. The third kappa shape index (κ3) is 2.70. The molecule has 0 bridgehead atoms. The van der Waals surface area contributed by atoms with Crippen LogP contribution in [-0.2, 0) is 6.61 Å². The average Bonchev–Trinajstić information content (AvgIpc) is 2.82. The second-order valence-electron chi connectivity index (χ2n) is 4.56. The van der Waals surface area contributed by atoms with Crippen LogP contribution in [0, 0.1) is 5.92 Å². The molecule has 4 nitrogen and oxygen atoms in total. The van der Waals surface area contributed by atoms with Gasteiger partial charge in [0.05, 0.1) is 24.7 Å². The van der Waals surface area contributed by atoms with Crippen molar-refractivity contribution in [2.75, 3.05) is 18.5 Å². The van der Waals surface area contributed by atoms with Crippen molar-refractivity contribution in [3.8, 4) is 0 Å². The molecule has 16 heavy (non-hydrogen) atoms. The molecule has 0 amide bonds. The molecule has 1 fully saturated rings. The fourth-order valence-corrected chi connectivity index (χ4v) is 2.30. The monoisotopic (exact) mass is 221 g/mol. The van der Waals surface area contributed by atoms with Gasteiger partial charge in [0, 0.05) is 13.6 Å². The summed E-state index contributed by atoms with van der Waals surface area (Å²) in [6, 6.07) is 0. The van der Waals surface area contributed by atoms with Crippen molar-refractivity contribution < 1.29 is 5.11 Å². The summed E-state index contributed by atoms with van der Waals surface area (Å²) in [5.74, 6) is 1.70. The maximum Gasteiger partial charge on any atom is 0.146 e. The zero-order valence-corrected chi connectivity index (χ0v) is 9.76. The summed E-state index contributed by atoms with van der Waals surface area (Å²) < 4.78 is 0. The van der Waals surface area contributed by atoms with E-state index >= 15 is 0 Å². The lowest BCUT2D eigenvalue weighted by atomic mass is 10.1. The zero-order valence-electron chi connectivity index (χ0n) is 9.76. The number of nitrogens with zero attached hydrogens (tertiary/aromatic N) is 3. The molecule has 0 radical (unpaired) electrons. The van der Waals surface area contributed by atoms with Crippen LogP contribution in [0.25, 0.3) is 0 Å². The third-order valence-electron chi connectivity index (χ3n) is 3.25. The first-order valence-electron chi connectivity index (χ1n) is 5.92. The maximum atomic E-state index is 8.88. The van der Waals surface area contributed by atoms with Crippen molar-refractivity contribution in [2.24, 2.45) is 5.92 Å². The van der Waals surface area contributed by atoms with Gasteiger partial charge in [-0.25, -0.2) is 4.98 Å². The summed E-state index contributed by atoms with van der Waals surface area (Å²) in [6.45, 7) is 1.02. The van der Waals surface area contributed by atoms with E-state index < -0.39 is 0 Å². The van der Waals surface area contributed by atoms with Crippen LogP contribution < -0.4 is 4.90 Å². The second-order valence-corrected chi connectivity index (χ2v) is 4.56. The molecule has 1 aromatic heterocycles. The molecule has 0 saturated heterocycles. The summed E-state index contributed by atoms with van der Waals surface area (Å²) in [7, 11) is 2.06. The summed E-state index contributed by atoms with van der Waals surface area (Å²) in [4.78, 5) is 10.6. The first kappa shape index (κ1) is 11.3. The Labute approximate surface area is 96.3 Å². The molecule has 1 saturated carbocycles. The molecule has 4 heteroatoms. The fraction of sp³-hybridized carbons (Fsp3) is 0.667. The van der Waals surface area contributed by atoms with Crippen LogP contribution >= 0.6 is 0 Å². The van der Waals surface area contributed by atoms with E-state index in [0.717, 1.165) is 18.3 Å². The standard InChI is InChI=1S/C12H19N3O/c1-15(8-10-4-2-3-5-10)12-7-13-11(9-16)6-14-12/h6-7,10,16H,2-5,8-9H2,1H3. The van der Waals surface area contributed by atoms with E-state index in [1.54, 1.807) is 12.4 Å². The van der Waals surface area contributed by atoms with Crippen molar-refractivity contribution in [3.05, 3.63) is 18.1 Å². The van der Waals surface area contributed by atoms with E-state index in [1.165, 1.54) is 25.7 Å². The van der Waals surface area contributed by atoms with Gasteiger partial charge in [-0.1, -0.05) is 12.8 Å². The van der Waals surface area contributed by atoms with Crippen molar-refractivity contribution in [1.29, 1.82) is 0 Å². The van der Waals surface area contributed by atoms with E-state index in [4.69, 9.17) is 5.11 Å². The molecule has 0 atom stereocenters. The number of aromatic nitrogens is 2. The molecule has 0 unspecified atom stereocenters. The minimum Gasteiger partial charge on any atom is -0.390 e. The van der Waals surface area contributed by atoms with Crippen LogP contribution in [0.2, 0.25) is 0 Å². The number of hydrogen-bond donors (Lipinski definition) is 1. The molecule has 1 aromatic rings. The van der Waals surface area contributed by atoms with Gasteiger partial charge in [-0.3, -0.25) is 4.98 Å². The van der Waals surface area contributed by atoms with Crippen LogP contribution in [-0.4, -0.2) is 28.7 Å². The van der Waals surface area contributed by atoms with Gasteiger partial charge in [0.2, 0.25) is 0 Å². The van der Waals surface area contributed by atoms with E-state index in [0.29, 0.717) is 5.69 Å². The Morgan fingerprint density at radius 2 is 2.06 bits per heavy atom. The molecule has 1 heterocycles. The maximum absolute atomic E-state index is 8.88. The first-order chi connectivity index (χ1) is 7.79. The molecular weight excluding hydrogens is 202 g/mol. The van der Waals surface area contributed by atoms with Gasteiger partial charge in [-0.2, -0.15) is 0 Å². The fourth-order valence-electron chi connectivity index (χ4n) is 2.30. The van der Waals surface area contributed by atoms with Gasteiger partial charge in [0.1, 0.15) is 5.82 Å². The van der Waals surface area contributed by atoms with E-state index in [1.807, 2.05) is 0 Å². The van der Waals surface area contributed by atoms with Crippen molar-refractivity contribution >= 4 is 5.82 Å². The van der Waals surface area contributed by atoms with Crippen LogP contribution in [0.5, 0.6) is 0 Å². The SMILES string of the molecule is CN(CC1CCCC1)c1cnc(CO)cn1. The van der Waals surface area contributed by atoms with Crippen LogP contribution in [0.15, 0.2) is 12.4 Å². The van der Waals surface area contributed by atoms with Crippen LogP contribution in [0.4, 0.5) is 5.82 Å². The summed E-state index contributed by atoms with van der Waals surface area (Å²) in [6.07, 6.45) is 8.79. The van der Waals surface area contributed by atoms with Crippen molar-refractivity contribution in [3.63, 3.8) is 0 Å². The van der Waals surface area contributed by atoms with Gasteiger partial charge in [0.25, 0.3) is 0 Å². The Hall–Kier alpha value is -1.16. The highest BCUT2D eigenvalue weighted by atomic mass is 16.3. The topological polar surface area (TPSA) is 49.2 Å². The molecule has 1 N–H and O–H groups in total. The first-order valence-corrected chi connectivity index (χ1v) is 5.92. The molecule has 1 aliphatic rings. The van der Waals surface area contributed by atoms with Crippen LogP contribution in [0.1, 0.15) is 31.4 Å². The number of aliphatic hydroxyl groups excluding tert-OH is 1. The summed E-state index contributed by atoms with van der Waals surface area (Å²) in [5.41, 5.74) is 0.623.